The first-order chi connectivity index (χ1) is 17.0. The highest BCUT2D eigenvalue weighted by atomic mass is 32.1. The maximum absolute atomic E-state index is 13.7. The van der Waals surface area contributed by atoms with Crippen LogP contribution in [0, 0.1) is 5.82 Å². The molecule has 1 aromatic heterocycles. The Kier molecular flexibility index (Phi) is 7.89. The zero-order valence-corrected chi connectivity index (χ0v) is 20.3. The SMILES string of the molecule is COCCN(CC(=O)N1N=C(c2cccs2)CC1c1ccc(OC)cc1)C(=O)c1cccc(F)c1. The fraction of sp³-hybridized carbons (Fsp3) is 0.269. The molecule has 1 atom stereocenters. The molecular weight excluding hydrogens is 469 g/mol. The fourth-order valence-corrected chi connectivity index (χ4v) is 4.63. The van der Waals surface area contributed by atoms with Gasteiger partial charge in [0.15, 0.2) is 0 Å². The summed E-state index contributed by atoms with van der Waals surface area (Å²) in [6, 6.07) is 16.5. The maximum Gasteiger partial charge on any atom is 0.262 e. The van der Waals surface area contributed by atoms with Crippen LogP contribution in [0.25, 0.3) is 0 Å². The summed E-state index contributed by atoms with van der Waals surface area (Å²) in [5.74, 6) is -0.579. The summed E-state index contributed by atoms with van der Waals surface area (Å²) in [6.07, 6.45) is 0.550. The number of hydrazone groups is 1. The molecule has 3 aromatic rings. The minimum absolute atomic E-state index is 0.171. The number of amides is 2. The predicted molar refractivity (Wildman–Crippen MR) is 132 cm³/mol. The van der Waals surface area contributed by atoms with E-state index in [-0.39, 0.29) is 37.2 Å². The minimum Gasteiger partial charge on any atom is -0.497 e. The second kappa shape index (κ2) is 11.2. The van der Waals surface area contributed by atoms with Gasteiger partial charge in [0.2, 0.25) is 0 Å². The minimum atomic E-state index is -0.516. The Morgan fingerprint density at radius 1 is 1.14 bits per heavy atom. The standard InChI is InChI=1S/C26H26FN3O4S/c1-33-13-12-29(26(32)19-5-3-6-20(27)15-19)17-25(31)30-23(18-8-10-21(34-2)11-9-18)16-22(28-30)24-7-4-14-35-24/h3-11,14-15,23H,12-13,16-17H2,1-2H3. The van der Waals surface area contributed by atoms with Gasteiger partial charge in [0, 0.05) is 25.6 Å². The number of methoxy groups -OCH3 is 2. The first-order valence-corrected chi connectivity index (χ1v) is 12.0. The van der Waals surface area contributed by atoms with Crippen molar-refractivity contribution in [2.75, 3.05) is 33.9 Å². The number of rotatable bonds is 9. The van der Waals surface area contributed by atoms with E-state index in [1.165, 1.54) is 35.2 Å². The molecule has 0 spiro atoms. The molecule has 7 nitrogen and oxygen atoms in total. The zero-order chi connectivity index (χ0) is 24.8. The molecule has 35 heavy (non-hydrogen) atoms. The van der Waals surface area contributed by atoms with Gasteiger partial charge in [0.1, 0.15) is 18.1 Å². The first kappa shape index (κ1) is 24.6. The molecule has 4 rings (SSSR count). The van der Waals surface area contributed by atoms with Crippen molar-refractivity contribution in [1.82, 2.24) is 9.91 Å². The lowest BCUT2D eigenvalue weighted by atomic mass is 10.0. The van der Waals surface area contributed by atoms with Crippen molar-refractivity contribution in [2.45, 2.75) is 12.5 Å². The molecule has 0 aliphatic carbocycles. The summed E-state index contributed by atoms with van der Waals surface area (Å²) in [5.41, 5.74) is 1.90. The van der Waals surface area contributed by atoms with E-state index in [0.29, 0.717) is 6.42 Å². The van der Waals surface area contributed by atoms with Crippen LogP contribution >= 0.6 is 11.3 Å². The average Bonchev–Trinajstić information content (AvgIpc) is 3.56. The van der Waals surface area contributed by atoms with Crippen LogP contribution in [0.3, 0.4) is 0 Å². The quantitative estimate of drug-likeness (QED) is 0.442. The van der Waals surface area contributed by atoms with Gasteiger partial charge >= 0.3 is 0 Å². The number of halogens is 1. The summed E-state index contributed by atoms with van der Waals surface area (Å²) < 4.78 is 24.1. The Hall–Kier alpha value is -3.56. The summed E-state index contributed by atoms with van der Waals surface area (Å²) in [4.78, 5) is 29.0. The van der Waals surface area contributed by atoms with Crippen molar-refractivity contribution < 1.29 is 23.5 Å². The van der Waals surface area contributed by atoms with Crippen molar-refractivity contribution in [3.05, 3.63) is 87.9 Å². The number of carbonyl (C=O) groups is 2. The largest absolute Gasteiger partial charge is 0.497 e. The molecule has 2 aromatic carbocycles. The van der Waals surface area contributed by atoms with E-state index in [1.54, 1.807) is 18.4 Å². The van der Waals surface area contributed by atoms with E-state index in [4.69, 9.17) is 9.47 Å². The van der Waals surface area contributed by atoms with Crippen LogP contribution in [0.1, 0.15) is 33.3 Å². The third-order valence-electron chi connectivity index (χ3n) is 5.72. The van der Waals surface area contributed by atoms with Crippen LogP contribution in [0.5, 0.6) is 5.75 Å². The normalized spacial score (nSPS) is 15.1. The lowest BCUT2D eigenvalue weighted by molar-refractivity contribution is -0.133. The number of thiophene rings is 1. The van der Waals surface area contributed by atoms with E-state index < -0.39 is 11.7 Å². The molecule has 0 radical (unpaired) electrons. The van der Waals surface area contributed by atoms with Crippen LogP contribution in [-0.2, 0) is 9.53 Å². The summed E-state index contributed by atoms with van der Waals surface area (Å²) in [5, 5.41) is 8.08. The molecule has 1 aliphatic rings. The van der Waals surface area contributed by atoms with Gasteiger partial charge in [0.25, 0.3) is 11.8 Å². The Labute approximate surface area is 207 Å². The van der Waals surface area contributed by atoms with Crippen molar-refractivity contribution >= 4 is 28.9 Å². The lowest BCUT2D eigenvalue weighted by Crippen LogP contribution is -2.42. The van der Waals surface area contributed by atoms with E-state index in [0.717, 1.165) is 28.0 Å². The van der Waals surface area contributed by atoms with Crippen molar-refractivity contribution in [1.29, 1.82) is 0 Å². The monoisotopic (exact) mass is 495 g/mol. The van der Waals surface area contributed by atoms with E-state index >= 15 is 0 Å². The Morgan fingerprint density at radius 2 is 1.94 bits per heavy atom. The van der Waals surface area contributed by atoms with Gasteiger partial charge in [-0.25, -0.2) is 9.40 Å². The molecule has 9 heteroatoms. The van der Waals surface area contributed by atoms with Crippen LogP contribution in [-0.4, -0.2) is 61.4 Å². The summed E-state index contributed by atoms with van der Waals surface area (Å²) in [6.45, 7) is 0.201. The van der Waals surface area contributed by atoms with E-state index in [1.807, 2.05) is 41.8 Å². The average molecular weight is 496 g/mol. The number of hydrogen-bond acceptors (Lipinski definition) is 6. The molecular formula is C26H26FN3O4S. The van der Waals surface area contributed by atoms with Gasteiger partial charge in [-0.05, 0) is 47.3 Å². The van der Waals surface area contributed by atoms with Crippen molar-refractivity contribution in [3.8, 4) is 5.75 Å². The van der Waals surface area contributed by atoms with E-state index in [9.17, 15) is 14.0 Å². The van der Waals surface area contributed by atoms with Crippen LogP contribution in [0.15, 0.2) is 71.1 Å². The van der Waals surface area contributed by atoms with Gasteiger partial charge in [-0.2, -0.15) is 5.10 Å². The molecule has 1 unspecified atom stereocenters. The molecule has 2 amide bonds. The van der Waals surface area contributed by atoms with Gasteiger partial charge in [-0.3, -0.25) is 9.59 Å². The smallest absolute Gasteiger partial charge is 0.262 e. The maximum atomic E-state index is 13.7. The molecule has 0 N–H and O–H groups in total. The third kappa shape index (κ3) is 5.75. The summed E-state index contributed by atoms with van der Waals surface area (Å²) in [7, 11) is 3.12. The second-order valence-electron chi connectivity index (χ2n) is 7.99. The molecule has 0 saturated carbocycles. The predicted octanol–water partition coefficient (Wildman–Crippen LogP) is 4.36. The van der Waals surface area contributed by atoms with Crippen LogP contribution < -0.4 is 4.74 Å². The first-order valence-electron chi connectivity index (χ1n) is 11.1. The Bertz CT molecular complexity index is 1200. The van der Waals surface area contributed by atoms with Crippen LogP contribution in [0.4, 0.5) is 4.39 Å². The summed E-state index contributed by atoms with van der Waals surface area (Å²) >= 11 is 1.56. The Morgan fingerprint density at radius 3 is 2.60 bits per heavy atom. The van der Waals surface area contributed by atoms with Crippen molar-refractivity contribution in [3.63, 3.8) is 0 Å². The van der Waals surface area contributed by atoms with Crippen molar-refractivity contribution in [2.24, 2.45) is 5.10 Å². The number of hydrogen-bond donors (Lipinski definition) is 0. The Balaban J connectivity index is 1.60. The molecule has 2 heterocycles. The molecule has 1 aliphatic heterocycles. The number of benzene rings is 2. The highest BCUT2D eigenvalue weighted by Gasteiger charge is 2.34. The number of nitrogens with zero attached hydrogens (tertiary/aromatic N) is 3. The highest BCUT2D eigenvalue weighted by molar-refractivity contribution is 7.12. The number of ether oxygens (including phenoxy) is 2. The molecule has 182 valence electrons. The second-order valence-corrected chi connectivity index (χ2v) is 8.93. The van der Waals surface area contributed by atoms with Gasteiger partial charge in [-0.15, -0.1) is 11.3 Å². The number of carbonyl (C=O) groups excluding carboxylic acids is 2. The van der Waals surface area contributed by atoms with Crippen LogP contribution in [0.2, 0.25) is 0 Å². The highest BCUT2D eigenvalue weighted by Crippen LogP contribution is 2.34. The molecule has 0 bridgehead atoms. The lowest BCUT2D eigenvalue weighted by Gasteiger charge is -2.27. The van der Waals surface area contributed by atoms with Gasteiger partial charge in [-0.1, -0.05) is 24.3 Å². The van der Waals surface area contributed by atoms with Gasteiger partial charge < -0.3 is 14.4 Å². The van der Waals surface area contributed by atoms with Gasteiger partial charge in [0.05, 0.1) is 30.3 Å². The third-order valence-corrected chi connectivity index (χ3v) is 6.64. The molecule has 0 fully saturated rings. The van der Waals surface area contributed by atoms with E-state index in [2.05, 4.69) is 5.10 Å². The molecule has 0 saturated heterocycles. The fourth-order valence-electron chi connectivity index (χ4n) is 3.91. The topological polar surface area (TPSA) is 71.4 Å². The zero-order valence-electron chi connectivity index (χ0n) is 19.5.